The summed E-state index contributed by atoms with van der Waals surface area (Å²) in [6.45, 7) is 3.74. The number of hydrogen-bond donors (Lipinski definition) is 1. The van der Waals surface area contributed by atoms with Crippen LogP contribution in [0.25, 0.3) is 5.69 Å². The summed E-state index contributed by atoms with van der Waals surface area (Å²) >= 11 is 0. The molecule has 27 heavy (non-hydrogen) atoms. The Morgan fingerprint density at radius 1 is 1.07 bits per heavy atom. The Morgan fingerprint density at radius 2 is 1.81 bits per heavy atom. The highest BCUT2D eigenvalue weighted by Gasteiger charge is 2.07. The van der Waals surface area contributed by atoms with Crippen LogP contribution in [-0.4, -0.2) is 41.3 Å². The largest absolute Gasteiger partial charge is 0.356 e. The molecule has 0 aliphatic rings. The molecule has 3 aromatic rings. The maximum absolute atomic E-state index is 4.45. The quantitative estimate of drug-likeness (QED) is 0.540. The van der Waals surface area contributed by atoms with Gasteiger partial charge in [0.25, 0.3) is 0 Å². The summed E-state index contributed by atoms with van der Waals surface area (Å²) in [7, 11) is 3.88. The fourth-order valence-corrected chi connectivity index (χ4v) is 2.96. The molecule has 1 heterocycles. The second-order valence-electron chi connectivity index (χ2n) is 6.69. The first-order valence-corrected chi connectivity index (χ1v) is 9.22. The number of guanidine groups is 1. The summed E-state index contributed by atoms with van der Waals surface area (Å²) in [6, 6.07) is 18.8. The van der Waals surface area contributed by atoms with E-state index in [1.165, 1.54) is 16.7 Å². The van der Waals surface area contributed by atoms with Gasteiger partial charge in [0.1, 0.15) is 0 Å². The minimum Gasteiger partial charge on any atom is -0.356 e. The second kappa shape index (κ2) is 9.03. The monoisotopic (exact) mass is 361 g/mol. The summed E-state index contributed by atoms with van der Waals surface area (Å²) in [5.74, 6) is 0.894. The molecule has 5 heteroatoms. The van der Waals surface area contributed by atoms with E-state index in [1.807, 2.05) is 36.1 Å². The first-order valence-electron chi connectivity index (χ1n) is 9.22. The Morgan fingerprint density at radius 3 is 2.52 bits per heavy atom. The molecule has 1 aromatic heterocycles. The van der Waals surface area contributed by atoms with Crippen LogP contribution < -0.4 is 5.32 Å². The topological polar surface area (TPSA) is 45.5 Å². The number of rotatable bonds is 6. The van der Waals surface area contributed by atoms with Gasteiger partial charge in [-0.2, -0.15) is 5.10 Å². The lowest BCUT2D eigenvalue weighted by atomic mass is 10.1. The van der Waals surface area contributed by atoms with E-state index in [-0.39, 0.29) is 0 Å². The van der Waals surface area contributed by atoms with Gasteiger partial charge in [0.2, 0.25) is 0 Å². The van der Waals surface area contributed by atoms with Gasteiger partial charge >= 0.3 is 0 Å². The van der Waals surface area contributed by atoms with Gasteiger partial charge in [0.05, 0.1) is 11.9 Å². The van der Waals surface area contributed by atoms with Crippen molar-refractivity contribution in [1.82, 2.24) is 20.0 Å². The van der Waals surface area contributed by atoms with E-state index in [1.54, 1.807) is 0 Å². The molecule has 3 rings (SSSR count). The van der Waals surface area contributed by atoms with Crippen LogP contribution in [0.15, 0.2) is 72.0 Å². The molecule has 1 N–H and O–H groups in total. The Hall–Kier alpha value is -3.08. The van der Waals surface area contributed by atoms with Gasteiger partial charge in [-0.05, 0) is 36.6 Å². The van der Waals surface area contributed by atoms with Crippen molar-refractivity contribution in [3.63, 3.8) is 0 Å². The maximum atomic E-state index is 4.45. The van der Waals surface area contributed by atoms with Gasteiger partial charge in [0.15, 0.2) is 5.96 Å². The molecule has 0 bridgehead atoms. The number of aliphatic imine (C=N–C) groups is 1. The zero-order valence-electron chi connectivity index (χ0n) is 16.3. The number of aryl methyl sites for hydroxylation is 1. The van der Waals surface area contributed by atoms with Crippen molar-refractivity contribution in [2.75, 3.05) is 20.6 Å². The molecule has 2 aromatic carbocycles. The highest BCUT2D eigenvalue weighted by Crippen LogP contribution is 2.08. The van der Waals surface area contributed by atoms with Gasteiger partial charge in [-0.25, -0.2) is 4.68 Å². The summed E-state index contributed by atoms with van der Waals surface area (Å²) in [4.78, 5) is 6.53. The highest BCUT2D eigenvalue weighted by molar-refractivity contribution is 5.79. The molecule has 0 fully saturated rings. The van der Waals surface area contributed by atoms with Crippen LogP contribution in [0.3, 0.4) is 0 Å². The predicted molar refractivity (Wildman–Crippen MR) is 111 cm³/mol. The molecule has 0 unspecified atom stereocenters. The minimum atomic E-state index is 0.811. The van der Waals surface area contributed by atoms with E-state index in [4.69, 9.17) is 0 Å². The standard InChI is InChI=1S/C22H27N5/c1-18-9-11-19(12-10-18)16-26(3)22(23-2)24-14-13-20-15-25-27(17-20)21-7-5-4-6-8-21/h4-12,15,17H,13-14,16H2,1-3H3,(H,23,24). The molecule has 0 atom stereocenters. The third kappa shape index (κ3) is 5.20. The third-order valence-electron chi connectivity index (χ3n) is 4.47. The van der Waals surface area contributed by atoms with Gasteiger partial charge in [0, 0.05) is 33.4 Å². The van der Waals surface area contributed by atoms with E-state index < -0.39 is 0 Å². The predicted octanol–water partition coefficient (Wildman–Crippen LogP) is 3.43. The molecule has 0 saturated heterocycles. The van der Waals surface area contributed by atoms with Crippen molar-refractivity contribution < 1.29 is 0 Å². The van der Waals surface area contributed by atoms with E-state index >= 15 is 0 Å². The van der Waals surface area contributed by atoms with Gasteiger partial charge < -0.3 is 10.2 Å². The maximum Gasteiger partial charge on any atom is 0.193 e. The molecule has 0 amide bonds. The fourth-order valence-electron chi connectivity index (χ4n) is 2.96. The van der Waals surface area contributed by atoms with E-state index in [0.29, 0.717) is 0 Å². The minimum absolute atomic E-state index is 0.811. The Kier molecular flexibility index (Phi) is 6.26. The van der Waals surface area contributed by atoms with E-state index in [2.05, 4.69) is 76.9 Å². The zero-order chi connectivity index (χ0) is 19.1. The van der Waals surface area contributed by atoms with Crippen LogP contribution in [0.1, 0.15) is 16.7 Å². The normalized spacial score (nSPS) is 11.4. The van der Waals surface area contributed by atoms with Gasteiger partial charge in [-0.3, -0.25) is 4.99 Å². The smallest absolute Gasteiger partial charge is 0.193 e. The van der Waals surface area contributed by atoms with Crippen LogP contribution in [-0.2, 0) is 13.0 Å². The number of benzene rings is 2. The molecule has 0 radical (unpaired) electrons. The van der Waals surface area contributed by atoms with Gasteiger partial charge in [-0.1, -0.05) is 48.0 Å². The molecule has 0 aliphatic heterocycles. The lowest BCUT2D eigenvalue weighted by Gasteiger charge is -2.22. The fraction of sp³-hybridized carbons (Fsp3) is 0.273. The Labute approximate surface area is 161 Å². The summed E-state index contributed by atoms with van der Waals surface area (Å²) in [5, 5.41) is 7.89. The summed E-state index contributed by atoms with van der Waals surface area (Å²) in [5.41, 5.74) is 4.82. The summed E-state index contributed by atoms with van der Waals surface area (Å²) < 4.78 is 1.91. The third-order valence-corrected chi connectivity index (χ3v) is 4.47. The van der Waals surface area contributed by atoms with Crippen molar-refractivity contribution in [3.05, 3.63) is 83.7 Å². The first-order chi connectivity index (χ1) is 13.2. The number of nitrogens with one attached hydrogen (secondary N) is 1. The SMILES string of the molecule is CN=C(NCCc1cnn(-c2ccccc2)c1)N(C)Cc1ccc(C)cc1. The van der Waals surface area contributed by atoms with E-state index in [0.717, 1.165) is 31.2 Å². The number of nitrogens with zero attached hydrogens (tertiary/aromatic N) is 4. The van der Waals surface area contributed by atoms with Crippen molar-refractivity contribution in [1.29, 1.82) is 0 Å². The average Bonchev–Trinajstić information content (AvgIpc) is 3.16. The molecule has 5 nitrogen and oxygen atoms in total. The number of hydrogen-bond acceptors (Lipinski definition) is 2. The van der Waals surface area contributed by atoms with Crippen molar-refractivity contribution in [2.45, 2.75) is 19.9 Å². The van der Waals surface area contributed by atoms with E-state index in [9.17, 15) is 0 Å². The molecule has 140 valence electrons. The van der Waals surface area contributed by atoms with Gasteiger partial charge in [-0.15, -0.1) is 0 Å². The van der Waals surface area contributed by atoms with Crippen LogP contribution in [0.4, 0.5) is 0 Å². The number of para-hydroxylation sites is 1. The van der Waals surface area contributed by atoms with Crippen LogP contribution >= 0.6 is 0 Å². The first kappa shape index (κ1) is 18.7. The van der Waals surface area contributed by atoms with Crippen LogP contribution in [0.2, 0.25) is 0 Å². The lowest BCUT2D eigenvalue weighted by Crippen LogP contribution is -2.39. The number of aromatic nitrogens is 2. The molecular weight excluding hydrogens is 334 g/mol. The Bertz CT molecular complexity index is 865. The summed E-state index contributed by atoms with van der Waals surface area (Å²) in [6.07, 6.45) is 4.90. The molecule has 0 spiro atoms. The van der Waals surface area contributed by atoms with Crippen LogP contribution in [0.5, 0.6) is 0 Å². The average molecular weight is 361 g/mol. The molecule has 0 saturated carbocycles. The second-order valence-corrected chi connectivity index (χ2v) is 6.69. The van der Waals surface area contributed by atoms with Crippen molar-refractivity contribution >= 4 is 5.96 Å². The van der Waals surface area contributed by atoms with Crippen LogP contribution in [0, 0.1) is 6.92 Å². The van der Waals surface area contributed by atoms with Crippen molar-refractivity contribution in [2.24, 2.45) is 4.99 Å². The Balaban J connectivity index is 1.51. The lowest BCUT2D eigenvalue weighted by molar-refractivity contribution is 0.477. The van der Waals surface area contributed by atoms with Crippen molar-refractivity contribution in [3.8, 4) is 5.69 Å². The molecular formula is C22H27N5. The molecule has 0 aliphatic carbocycles. The highest BCUT2D eigenvalue weighted by atomic mass is 15.3. The zero-order valence-corrected chi connectivity index (χ0v) is 16.3.